The van der Waals surface area contributed by atoms with Crippen molar-refractivity contribution in [1.29, 1.82) is 0 Å². The number of benzene rings is 1. The van der Waals surface area contributed by atoms with Crippen LogP contribution in [0.4, 0.5) is 5.69 Å². The summed E-state index contributed by atoms with van der Waals surface area (Å²) in [4.78, 5) is 27.8. The number of hydrogen-bond donors (Lipinski definition) is 2. The Labute approximate surface area is 126 Å². The molecule has 3 rings (SSSR count). The molecule has 0 spiro atoms. The zero-order chi connectivity index (χ0) is 15.4. The lowest BCUT2D eigenvalue weighted by Gasteiger charge is -2.06. The van der Waals surface area contributed by atoms with Crippen LogP contribution in [0.5, 0.6) is 0 Å². The number of nitrogens with one attached hydrogen (secondary N) is 1. The number of carbonyl (C=O) groups excluding carboxylic acids is 1. The molecule has 1 aliphatic carbocycles. The van der Waals surface area contributed by atoms with E-state index in [0.717, 1.165) is 15.2 Å². The zero-order valence-electron chi connectivity index (χ0n) is 12.0. The number of carbonyl (C=O) groups is 2. The van der Waals surface area contributed by atoms with Gasteiger partial charge in [0.2, 0.25) is 5.91 Å². The fourth-order valence-corrected chi connectivity index (χ4v) is 3.79. The van der Waals surface area contributed by atoms with E-state index in [1.165, 1.54) is 0 Å². The molecule has 1 amide bonds. The Bertz CT molecular complexity index is 750. The second-order valence-corrected chi connectivity index (χ2v) is 7.25. The zero-order valence-corrected chi connectivity index (χ0v) is 12.8. The second kappa shape index (κ2) is 4.53. The van der Waals surface area contributed by atoms with E-state index in [2.05, 4.69) is 10.3 Å². The fraction of sp³-hybridized carbons (Fsp3) is 0.400. The number of aliphatic carboxylic acids is 1. The van der Waals surface area contributed by atoms with Crippen LogP contribution in [-0.2, 0) is 9.59 Å². The molecule has 1 aromatic carbocycles. The summed E-state index contributed by atoms with van der Waals surface area (Å²) in [7, 11) is 0. The molecule has 1 saturated carbocycles. The molecule has 0 radical (unpaired) electrons. The van der Waals surface area contributed by atoms with Gasteiger partial charge in [0.1, 0.15) is 0 Å². The number of carboxylic acid groups (broad SMARTS) is 1. The Morgan fingerprint density at radius 1 is 1.33 bits per heavy atom. The lowest BCUT2D eigenvalue weighted by atomic mass is 10.1. The minimum absolute atomic E-state index is 0.229. The van der Waals surface area contributed by atoms with Crippen LogP contribution < -0.4 is 5.32 Å². The van der Waals surface area contributed by atoms with Gasteiger partial charge in [0, 0.05) is 5.69 Å². The summed E-state index contributed by atoms with van der Waals surface area (Å²) in [5, 5.41) is 12.9. The third kappa shape index (κ3) is 2.29. The van der Waals surface area contributed by atoms with Crippen molar-refractivity contribution >= 4 is 39.1 Å². The van der Waals surface area contributed by atoms with Crippen LogP contribution in [-0.4, -0.2) is 22.0 Å². The van der Waals surface area contributed by atoms with Crippen molar-refractivity contribution in [1.82, 2.24) is 4.98 Å². The summed E-state index contributed by atoms with van der Waals surface area (Å²) in [6, 6.07) is 5.54. The van der Waals surface area contributed by atoms with Crippen LogP contribution in [0.1, 0.15) is 18.9 Å². The van der Waals surface area contributed by atoms with E-state index in [1.54, 1.807) is 17.4 Å². The van der Waals surface area contributed by atoms with Gasteiger partial charge in [-0.25, -0.2) is 4.98 Å². The molecule has 21 heavy (non-hydrogen) atoms. The molecule has 6 heteroatoms. The molecule has 1 fully saturated rings. The summed E-state index contributed by atoms with van der Waals surface area (Å²) >= 11 is 1.57. The highest BCUT2D eigenvalue weighted by molar-refractivity contribution is 7.18. The van der Waals surface area contributed by atoms with Gasteiger partial charge in [-0.05, 0) is 30.5 Å². The van der Waals surface area contributed by atoms with Gasteiger partial charge in [-0.1, -0.05) is 13.8 Å². The third-order valence-corrected chi connectivity index (χ3v) is 5.07. The first-order valence-corrected chi connectivity index (χ1v) is 7.53. The topological polar surface area (TPSA) is 79.3 Å². The van der Waals surface area contributed by atoms with Crippen molar-refractivity contribution in [2.75, 3.05) is 5.32 Å². The second-order valence-electron chi connectivity index (χ2n) is 6.02. The average Bonchev–Trinajstić information content (AvgIpc) is 2.77. The molecule has 0 saturated heterocycles. The number of nitrogens with zero attached hydrogens (tertiary/aromatic N) is 1. The van der Waals surface area contributed by atoms with Crippen molar-refractivity contribution in [3.05, 3.63) is 23.2 Å². The van der Waals surface area contributed by atoms with Crippen molar-refractivity contribution in [2.45, 2.75) is 20.8 Å². The van der Waals surface area contributed by atoms with Crippen LogP contribution >= 0.6 is 11.3 Å². The van der Waals surface area contributed by atoms with Crippen LogP contribution in [0.25, 0.3) is 10.2 Å². The highest BCUT2D eigenvalue weighted by atomic mass is 32.1. The maximum absolute atomic E-state index is 12.3. The number of carboxylic acids is 1. The first-order valence-electron chi connectivity index (χ1n) is 6.71. The standard InChI is InChI=1S/C15H16N2O3S/c1-7-16-9-5-4-8(6-10(9)21-7)17-13(18)11-12(14(19)20)15(11,2)3/h4-6,11-12H,1-3H3,(H,17,18)(H,19,20). The smallest absolute Gasteiger partial charge is 0.307 e. The van der Waals surface area contributed by atoms with Gasteiger partial charge in [-0.15, -0.1) is 11.3 Å². The van der Waals surface area contributed by atoms with Crippen molar-refractivity contribution in [3.63, 3.8) is 0 Å². The highest BCUT2D eigenvalue weighted by Crippen LogP contribution is 2.58. The minimum Gasteiger partial charge on any atom is -0.481 e. The third-order valence-electron chi connectivity index (χ3n) is 4.14. The number of thiazole rings is 1. The Hall–Kier alpha value is -1.95. The predicted octanol–water partition coefficient (Wildman–Crippen LogP) is 2.90. The predicted molar refractivity (Wildman–Crippen MR) is 81.4 cm³/mol. The Balaban J connectivity index is 1.79. The van der Waals surface area contributed by atoms with Gasteiger partial charge in [-0.2, -0.15) is 0 Å². The molecule has 2 unspecified atom stereocenters. The summed E-state index contributed by atoms with van der Waals surface area (Å²) in [6.45, 7) is 5.56. The lowest BCUT2D eigenvalue weighted by molar-refractivity contribution is -0.140. The largest absolute Gasteiger partial charge is 0.481 e. The molecular weight excluding hydrogens is 288 g/mol. The Morgan fingerprint density at radius 2 is 2.05 bits per heavy atom. The van der Waals surface area contributed by atoms with Gasteiger partial charge in [-0.3, -0.25) is 9.59 Å². The highest BCUT2D eigenvalue weighted by Gasteiger charge is 2.65. The molecule has 2 atom stereocenters. The lowest BCUT2D eigenvalue weighted by Crippen LogP contribution is -2.17. The van der Waals surface area contributed by atoms with Gasteiger partial charge in [0.05, 0.1) is 27.1 Å². The van der Waals surface area contributed by atoms with Crippen LogP contribution in [0, 0.1) is 24.2 Å². The number of hydrogen-bond acceptors (Lipinski definition) is 4. The molecule has 1 aliphatic rings. The average molecular weight is 304 g/mol. The van der Waals surface area contributed by atoms with E-state index in [0.29, 0.717) is 5.69 Å². The van der Waals surface area contributed by atoms with Crippen molar-refractivity contribution < 1.29 is 14.7 Å². The van der Waals surface area contributed by atoms with E-state index < -0.39 is 23.2 Å². The van der Waals surface area contributed by atoms with Crippen molar-refractivity contribution in [3.8, 4) is 0 Å². The van der Waals surface area contributed by atoms with Crippen LogP contribution in [0.15, 0.2) is 18.2 Å². The molecular formula is C15H16N2O3S. The molecule has 0 aliphatic heterocycles. The monoisotopic (exact) mass is 304 g/mol. The molecule has 0 bridgehead atoms. The van der Waals surface area contributed by atoms with Crippen LogP contribution in [0.2, 0.25) is 0 Å². The molecule has 5 nitrogen and oxygen atoms in total. The van der Waals surface area contributed by atoms with Crippen molar-refractivity contribution in [2.24, 2.45) is 17.3 Å². The normalized spacial score (nSPS) is 23.0. The van der Waals surface area contributed by atoms with Gasteiger partial charge in [0.15, 0.2) is 0 Å². The molecule has 2 aromatic rings. The minimum atomic E-state index is -0.909. The Morgan fingerprint density at radius 3 is 2.67 bits per heavy atom. The quantitative estimate of drug-likeness (QED) is 0.913. The van der Waals surface area contributed by atoms with E-state index >= 15 is 0 Å². The van der Waals surface area contributed by atoms with E-state index in [4.69, 9.17) is 5.11 Å². The van der Waals surface area contributed by atoms with Gasteiger partial charge < -0.3 is 10.4 Å². The number of fused-ring (bicyclic) bond motifs is 1. The fourth-order valence-electron chi connectivity index (χ4n) is 2.93. The SMILES string of the molecule is Cc1nc2ccc(NC(=O)C3C(C(=O)O)C3(C)C)cc2s1. The van der Waals surface area contributed by atoms with Crippen LogP contribution in [0.3, 0.4) is 0 Å². The van der Waals surface area contributed by atoms with E-state index in [9.17, 15) is 9.59 Å². The maximum atomic E-state index is 12.3. The first-order chi connectivity index (χ1) is 9.80. The summed E-state index contributed by atoms with van der Waals surface area (Å²) in [5.74, 6) is -2.22. The number of rotatable bonds is 3. The molecule has 1 aromatic heterocycles. The molecule has 1 heterocycles. The number of anilines is 1. The molecule has 2 N–H and O–H groups in total. The Kier molecular flexibility index (Phi) is 3.02. The number of amides is 1. The van der Waals surface area contributed by atoms with E-state index in [-0.39, 0.29) is 5.91 Å². The summed E-state index contributed by atoms with van der Waals surface area (Å²) < 4.78 is 1.01. The maximum Gasteiger partial charge on any atom is 0.307 e. The summed E-state index contributed by atoms with van der Waals surface area (Å²) in [5.41, 5.74) is 1.11. The number of aromatic nitrogens is 1. The van der Waals surface area contributed by atoms with Gasteiger partial charge >= 0.3 is 5.97 Å². The first kappa shape index (κ1) is 14.0. The van der Waals surface area contributed by atoms with E-state index in [1.807, 2.05) is 32.9 Å². The van der Waals surface area contributed by atoms with Gasteiger partial charge in [0.25, 0.3) is 0 Å². The number of aryl methyl sites for hydroxylation is 1. The molecule has 110 valence electrons. The summed E-state index contributed by atoms with van der Waals surface area (Å²) in [6.07, 6.45) is 0.